The molecule has 0 aromatic heterocycles. The third-order valence-corrected chi connectivity index (χ3v) is 4.98. The van der Waals surface area contributed by atoms with Crippen LogP contribution in [0.1, 0.15) is 23.7 Å². The molecule has 2 amide bonds. The molecule has 4 rings (SSSR count). The Labute approximate surface area is 173 Å². The standard InChI is InChI=1S/C23H22N2O5/c26-19(18-7-3-5-16-4-1-2-6-17(16)18)10-11-24-22(27)23(28)25-13-15-8-9-20-21(12-15)30-14-29-20/h1-9,12,19,26H,10-11,13-14H2,(H,24,27)(H,25,28). The summed E-state index contributed by atoms with van der Waals surface area (Å²) in [6.07, 6.45) is -0.442. The first-order chi connectivity index (χ1) is 14.6. The molecule has 1 heterocycles. The number of carbonyl (C=O) groups is 2. The van der Waals surface area contributed by atoms with E-state index in [0.717, 1.165) is 21.9 Å². The second-order valence-corrected chi connectivity index (χ2v) is 7.00. The number of rotatable bonds is 6. The monoisotopic (exact) mass is 406 g/mol. The van der Waals surface area contributed by atoms with Crippen LogP contribution in [-0.4, -0.2) is 30.3 Å². The number of fused-ring (bicyclic) bond motifs is 2. The molecule has 1 aliphatic rings. The van der Waals surface area contributed by atoms with E-state index in [1.165, 1.54) is 0 Å². The van der Waals surface area contributed by atoms with Gasteiger partial charge in [-0.2, -0.15) is 0 Å². The van der Waals surface area contributed by atoms with Gasteiger partial charge in [0.25, 0.3) is 0 Å². The van der Waals surface area contributed by atoms with Gasteiger partial charge in [0.1, 0.15) is 0 Å². The molecule has 7 nitrogen and oxygen atoms in total. The van der Waals surface area contributed by atoms with Crippen LogP contribution < -0.4 is 20.1 Å². The zero-order valence-electron chi connectivity index (χ0n) is 16.3. The van der Waals surface area contributed by atoms with Gasteiger partial charge in [-0.15, -0.1) is 0 Å². The largest absolute Gasteiger partial charge is 0.454 e. The number of amides is 2. The van der Waals surface area contributed by atoms with Crippen molar-refractivity contribution >= 4 is 22.6 Å². The molecule has 0 saturated heterocycles. The molecule has 1 unspecified atom stereocenters. The molecule has 0 aliphatic carbocycles. The summed E-state index contributed by atoms with van der Waals surface area (Å²) in [4.78, 5) is 24.1. The lowest BCUT2D eigenvalue weighted by Crippen LogP contribution is -2.40. The van der Waals surface area contributed by atoms with Crippen molar-refractivity contribution in [3.8, 4) is 11.5 Å². The summed E-state index contributed by atoms with van der Waals surface area (Å²) >= 11 is 0. The molecule has 1 atom stereocenters. The van der Waals surface area contributed by atoms with Crippen LogP contribution in [0.3, 0.4) is 0 Å². The Kier molecular flexibility index (Phi) is 5.81. The summed E-state index contributed by atoms with van der Waals surface area (Å²) in [5, 5.41) is 17.7. The minimum atomic E-state index is -0.743. The number of carbonyl (C=O) groups excluding carboxylic acids is 2. The van der Waals surface area contributed by atoms with E-state index in [1.807, 2.05) is 42.5 Å². The molecule has 0 fully saturated rings. The number of hydrogen-bond acceptors (Lipinski definition) is 5. The van der Waals surface area contributed by atoms with Gasteiger partial charge in [-0.05, 0) is 40.5 Å². The molecule has 0 saturated carbocycles. The number of nitrogens with one attached hydrogen (secondary N) is 2. The summed E-state index contributed by atoms with van der Waals surface area (Å²) in [6, 6.07) is 18.9. The molecule has 0 spiro atoms. The van der Waals surface area contributed by atoms with Crippen molar-refractivity contribution < 1.29 is 24.2 Å². The molecule has 3 aromatic rings. The molecule has 30 heavy (non-hydrogen) atoms. The lowest BCUT2D eigenvalue weighted by Gasteiger charge is -2.14. The molecular formula is C23H22N2O5. The number of aliphatic hydroxyl groups is 1. The Bertz CT molecular complexity index is 1080. The molecular weight excluding hydrogens is 384 g/mol. The van der Waals surface area contributed by atoms with E-state index in [9.17, 15) is 14.7 Å². The van der Waals surface area contributed by atoms with E-state index >= 15 is 0 Å². The third kappa shape index (κ3) is 4.36. The Hall–Kier alpha value is -3.58. The Morgan fingerprint density at radius 2 is 1.70 bits per heavy atom. The number of aliphatic hydroxyl groups excluding tert-OH is 1. The van der Waals surface area contributed by atoms with Crippen molar-refractivity contribution in [2.45, 2.75) is 19.1 Å². The van der Waals surface area contributed by atoms with Crippen LogP contribution in [0.15, 0.2) is 60.7 Å². The van der Waals surface area contributed by atoms with Gasteiger partial charge in [0, 0.05) is 13.1 Å². The lowest BCUT2D eigenvalue weighted by molar-refractivity contribution is -0.139. The van der Waals surface area contributed by atoms with Crippen LogP contribution in [0, 0.1) is 0 Å². The highest BCUT2D eigenvalue weighted by molar-refractivity contribution is 6.35. The Morgan fingerprint density at radius 3 is 2.60 bits per heavy atom. The first-order valence-electron chi connectivity index (χ1n) is 9.72. The fourth-order valence-corrected chi connectivity index (χ4v) is 3.41. The predicted molar refractivity (Wildman–Crippen MR) is 111 cm³/mol. The zero-order valence-corrected chi connectivity index (χ0v) is 16.3. The second kappa shape index (κ2) is 8.84. The smallest absolute Gasteiger partial charge is 0.309 e. The average molecular weight is 406 g/mol. The van der Waals surface area contributed by atoms with Crippen molar-refractivity contribution in [1.29, 1.82) is 0 Å². The van der Waals surface area contributed by atoms with E-state index in [0.29, 0.717) is 17.9 Å². The molecule has 3 N–H and O–H groups in total. The van der Waals surface area contributed by atoms with Crippen molar-refractivity contribution in [2.24, 2.45) is 0 Å². The molecule has 1 aliphatic heterocycles. The fraction of sp³-hybridized carbons (Fsp3) is 0.217. The Morgan fingerprint density at radius 1 is 0.933 bits per heavy atom. The highest BCUT2D eigenvalue weighted by atomic mass is 16.7. The SMILES string of the molecule is O=C(NCCC(O)c1cccc2ccccc12)C(=O)NCc1ccc2c(c1)OCO2. The summed E-state index contributed by atoms with van der Waals surface area (Å²) < 4.78 is 10.5. The maximum absolute atomic E-state index is 12.0. The maximum Gasteiger partial charge on any atom is 0.309 e. The van der Waals surface area contributed by atoms with Gasteiger partial charge in [0.15, 0.2) is 11.5 Å². The summed E-state index contributed by atoms with van der Waals surface area (Å²) in [6.45, 7) is 0.556. The predicted octanol–water partition coefficient (Wildman–Crippen LogP) is 2.42. The molecule has 154 valence electrons. The minimum absolute atomic E-state index is 0.179. The van der Waals surface area contributed by atoms with Crippen LogP contribution >= 0.6 is 0 Å². The quantitative estimate of drug-likeness (QED) is 0.547. The van der Waals surface area contributed by atoms with Crippen LogP contribution in [0.5, 0.6) is 11.5 Å². The van der Waals surface area contributed by atoms with E-state index in [2.05, 4.69) is 10.6 Å². The van der Waals surface area contributed by atoms with Crippen LogP contribution in [0.4, 0.5) is 0 Å². The first-order valence-corrected chi connectivity index (χ1v) is 9.72. The van der Waals surface area contributed by atoms with Gasteiger partial charge >= 0.3 is 11.8 Å². The number of benzene rings is 3. The minimum Gasteiger partial charge on any atom is -0.454 e. The van der Waals surface area contributed by atoms with Gasteiger partial charge < -0.3 is 25.2 Å². The van der Waals surface area contributed by atoms with E-state index in [4.69, 9.17) is 9.47 Å². The average Bonchev–Trinajstić information content (AvgIpc) is 3.24. The fourth-order valence-electron chi connectivity index (χ4n) is 3.41. The van der Waals surface area contributed by atoms with Gasteiger partial charge in [-0.1, -0.05) is 48.5 Å². The summed E-state index contributed by atoms with van der Waals surface area (Å²) in [5.74, 6) is -0.186. The van der Waals surface area contributed by atoms with Crippen LogP contribution in [0.25, 0.3) is 10.8 Å². The van der Waals surface area contributed by atoms with Crippen LogP contribution in [-0.2, 0) is 16.1 Å². The van der Waals surface area contributed by atoms with E-state index < -0.39 is 17.9 Å². The topological polar surface area (TPSA) is 96.9 Å². The Balaban J connectivity index is 1.25. The number of ether oxygens (including phenoxy) is 2. The van der Waals surface area contributed by atoms with E-state index in [1.54, 1.807) is 18.2 Å². The van der Waals surface area contributed by atoms with Gasteiger partial charge in [0.05, 0.1) is 6.10 Å². The third-order valence-electron chi connectivity index (χ3n) is 4.98. The summed E-state index contributed by atoms with van der Waals surface area (Å²) in [5.41, 5.74) is 1.60. The van der Waals surface area contributed by atoms with Gasteiger partial charge in [-0.3, -0.25) is 9.59 Å². The molecule has 0 bridgehead atoms. The molecule has 7 heteroatoms. The highest BCUT2D eigenvalue weighted by Gasteiger charge is 2.17. The van der Waals surface area contributed by atoms with Crippen molar-refractivity contribution in [2.75, 3.05) is 13.3 Å². The van der Waals surface area contributed by atoms with Crippen molar-refractivity contribution in [1.82, 2.24) is 10.6 Å². The first kappa shape index (κ1) is 19.7. The maximum atomic E-state index is 12.0. The summed E-state index contributed by atoms with van der Waals surface area (Å²) in [7, 11) is 0. The van der Waals surface area contributed by atoms with Gasteiger partial charge in [-0.25, -0.2) is 0 Å². The van der Waals surface area contributed by atoms with Crippen molar-refractivity contribution in [3.63, 3.8) is 0 Å². The zero-order chi connectivity index (χ0) is 20.9. The second-order valence-electron chi connectivity index (χ2n) is 7.00. The molecule has 0 radical (unpaired) electrons. The highest BCUT2D eigenvalue weighted by Crippen LogP contribution is 2.32. The van der Waals surface area contributed by atoms with Crippen molar-refractivity contribution in [3.05, 3.63) is 71.8 Å². The van der Waals surface area contributed by atoms with E-state index in [-0.39, 0.29) is 19.9 Å². The number of hydrogen-bond donors (Lipinski definition) is 3. The van der Waals surface area contributed by atoms with Crippen LogP contribution in [0.2, 0.25) is 0 Å². The lowest BCUT2D eigenvalue weighted by atomic mass is 9.99. The van der Waals surface area contributed by atoms with Gasteiger partial charge in [0.2, 0.25) is 6.79 Å². The normalized spacial score (nSPS) is 13.1. The molecule has 3 aromatic carbocycles.